The summed E-state index contributed by atoms with van der Waals surface area (Å²) in [6, 6.07) is 0. The van der Waals surface area contributed by atoms with Gasteiger partial charge in [-0.1, -0.05) is 17.8 Å². The number of nitrogens with zero attached hydrogens (tertiary/aromatic N) is 4. The lowest BCUT2D eigenvalue weighted by Crippen LogP contribution is -2.07. The molecule has 0 aliphatic heterocycles. The summed E-state index contributed by atoms with van der Waals surface area (Å²) < 4.78 is 3.94. The van der Waals surface area contributed by atoms with Crippen molar-refractivity contribution >= 4 is 28.9 Å². The minimum atomic E-state index is -0.842. The quantitative estimate of drug-likeness (QED) is 0.626. The molecule has 0 spiro atoms. The van der Waals surface area contributed by atoms with Gasteiger partial charge in [-0.2, -0.15) is 5.10 Å². The van der Waals surface area contributed by atoms with E-state index in [9.17, 15) is 4.79 Å². The number of aryl methyl sites for hydroxylation is 3. The van der Waals surface area contributed by atoms with Crippen LogP contribution in [0.2, 0.25) is 0 Å². The van der Waals surface area contributed by atoms with Gasteiger partial charge in [0.15, 0.2) is 10.8 Å². The number of aromatic nitrogens is 4. The highest BCUT2D eigenvalue weighted by Gasteiger charge is 2.18. The predicted octanol–water partition coefficient (Wildman–Crippen LogP) is 2.31. The average molecular weight is 294 g/mol. The molecule has 2 rings (SSSR count). The number of carboxylic acid groups (broad SMARTS) is 1. The van der Waals surface area contributed by atoms with Crippen molar-refractivity contribution < 1.29 is 9.90 Å². The molecule has 0 aliphatic carbocycles. The molecule has 0 saturated heterocycles. The second kappa shape index (κ2) is 6.13. The molecule has 0 aromatic carbocycles. The van der Waals surface area contributed by atoms with E-state index in [1.807, 2.05) is 29.2 Å². The summed E-state index contributed by atoms with van der Waals surface area (Å²) in [6.45, 7) is 9.17. The molecular formula is C13H18N4O2S. The molecule has 0 aliphatic rings. The molecule has 0 fully saturated rings. The molecule has 0 unspecified atom stereocenters. The van der Waals surface area contributed by atoms with Crippen LogP contribution < -0.4 is 0 Å². The number of aliphatic carboxylic acids is 1. The maximum atomic E-state index is 10.7. The van der Waals surface area contributed by atoms with Crippen molar-refractivity contribution in [3.8, 4) is 0 Å². The Bertz CT molecular complexity index is 644. The number of hydrogen-bond donors (Lipinski definition) is 1. The van der Waals surface area contributed by atoms with Crippen LogP contribution >= 0.6 is 11.8 Å². The van der Waals surface area contributed by atoms with Crippen LogP contribution in [0.1, 0.15) is 19.0 Å². The second-order valence-electron chi connectivity index (χ2n) is 4.38. The number of hydrogen-bond acceptors (Lipinski definition) is 4. The number of fused-ring (bicyclic) bond motifs is 1. The van der Waals surface area contributed by atoms with Gasteiger partial charge in [0.2, 0.25) is 0 Å². The van der Waals surface area contributed by atoms with Gasteiger partial charge in [-0.3, -0.25) is 4.79 Å². The summed E-state index contributed by atoms with van der Waals surface area (Å²) in [7, 11) is 0. The smallest absolute Gasteiger partial charge is 0.313 e. The van der Waals surface area contributed by atoms with Gasteiger partial charge in [-0.25, -0.2) is 9.67 Å². The van der Waals surface area contributed by atoms with Crippen LogP contribution in [0.25, 0.3) is 11.2 Å². The van der Waals surface area contributed by atoms with Crippen molar-refractivity contribution in [1.82, 2.24) is 19.3 Å². The second-order valence-corrected chi connectivity index (χ2v) is 5.32. The summed E-state index contributed by atoms with van der Waals surface area (Å²) in [5, 5.41) is 14.0. The molecule has 2 aromatic rings. The molecule has 0 atom stereocenters. The Morgan fingerprint density at radius 1 is 1.55 bits per heavy atom. The zero-order valence-corrected chi connectivity index (χ0v) is 12.5. The van der Waals surface area contributed by atoms with E-state index < -0.39 is 5.97 Å². The van der Waals surface area contributed by atoms with E-state index in [0.29, 0.717) is 0 Å². The van der Waals surface area contributed by atoms with Crippen LogP contribution in [0.15, 0.2) is 17.8 Å². The van der Waals surface area contributed by atoms with Gasteiger partial charge < -0.3 is 9.67 Å². The summed E-state index contributed by atoms with van der Waals surface area (Å²) in [6.07, 6.45) is 2.65. The van der Waals surface area contributed by atoms with Crippen LogP contribution in [-0.4, -0.2) is 36.2 Å². The lowest BCUT2D eigenvalue weighted by molar-refractivity contribution is -0.133. The van der Waals surface area contributed by atoms with Gasteiger partial charge >= 0.3 is 5.97 Å². The highest BCUT2D eigenvalue weighted by molar-refractivity contribution is 7.99. The molecule has 2 aromatic heterocycles. The molecule has 0 amide bonds. The largest absolute Gasteiger partial charge is 0.481 e. The zero-order valence-electron chi connectivity index (χ0n) is 11.7. The number of carboxylic acids is 1. The normalized spacial score (nSPS) is 11.1. The van der Waals surface area contributed by atoms with E-state index in [4.69, 9.17) is 5.11 Å². The molecule has 20 heavy (non-hydrogen) atoms. The summed E-state index contributed by atoms with van der Waals surface area (Å²) in [4.78, 5) is 15.3. The number of imidazole rings is 1. The van der Waals surface area contributed by atoms with Crippen LogP contribution in [0.3, 0.4) is 0 Å². The maximum absolute atomic E-state index is 10.7. The number of thioether (sulfide) groups is 1. The molecule has 0 bridgehead atoms. The first-order chi connectivity index (χ1) is 9.58. The number of allylic oxidation sites excluding steroid dienone is 1. The van der Waals surface area contributed by atoms with Gasteiger partial charge in [-0.15, -0.1) is 6.58 Å². The van der Waals surface area contributed by atoms with Gasteiger partial charge in [0, 0.05) is 13.1 Å². The minimum Gasteiger partial charge on any atom is -0.481 e. The van der Waals surface area contributed by atoms with Crippen molar-refractivity contribution in [2.24, 2.45) is 0 Å². The molecule has 0 saturated carbocycles. The van der Waals surface area contributed by atoms with E-state index in [1.165, 1.54) is 11.8 Å². The fraction of sp³-hybridized carbons (Fsp3) is 0.462. The third kappa shape index (κ3) is 2.72. The van der Waals surface area contributed by atoms with E-state index in [1.54, 1.807) is 0 Å². The van der Waals surface area contributed by atoms with Gasteiger partial charge in [-0.05, 0) is 20.3 Å². The number of carbonyl (C=O) groups is 1. The molecule has 0 radical (unpaired) electrons. The minimum absolute atomic E-state index is 0.00625. The Kier molecular flexibility index (Phi) is 4.49. The third-order valence-corrected chi connectivity index (χ3v) is 3.91. The topological polar surface area (TPSA) is 72.9 Å². The maximum Gasteiger partial charge on any atom is 0.313 e. The van der Waals surface area contributed by atoms with Crippen molar-refractivity contribution in [1.29, 1.82) is 0 Å². The summed E-state index contributed by atoms with van der Waals surface area (Å²) in [5.74, 6) is -0.835. The lowest BCUT2D eigenvalue weighted by Gasteiger charge is -2.08. The van der Waals surface area contributed by atoms with Gasteiger partial charge in [0.25, 0.3) is 0 Å². The van der Waals surface area contributed by atoms with E-state index >= 15 is 0 Å². The zero-order chi connectivity index (χ0) is 14.7. The Balaban J connectivity index is 2.49. The monoisotopic (exact) mass is 294 g/mol. The van der Waals surface area contributed by atoms with Crippen molar-refractivity contribution in [2.45, 2.75) is 38.5 Å². The van der Waals surface area contributed by atoms with Gasteiger partial charge in [0.05, 0.1) is 11.4 Å². The van der Waals surface area contributed by atoms with Crippen LogP contribution in [-0.2, 0) is 17.9 Å². The first-order valence-electron chi connectivity index (χ1n) is 6.47. The van der Waals surface area contributed by atoms with E-state index in [2.05, 4.69) is 16.7 Å². The van der Waals surface area contributed by atoms with E-state index in [0.717, 1.165) is 41.5 Å². The van der Waals surface area contributed by atoms with E-state index in [-0.39, 0.29) is 5.75 Å². The molecule has 6 nitrogen and oxygen atoms in total. The summed E-state index contributed by atoms with van der Waals surface area (Å²) >= 11 is 1.24. The Morgan fingerprint density at radius 2 is 2.30 bits per heavy atom. The Hall–Kier alpha value is -1.76. The Labute approximate surface area is 121 Å². The molecule has 2 heterocycles. The Morgan fingerprint density at radius 3 is 2.90 bits per heavy atom. The van der Waals surface area contributed by atoms with Gasteiger partial charge in [0.1, 0.15) is 5.52 Å². The molecule has 1 N–H and O–H groups in total. The standard InChI is InChI=1S/C13H18N4O2S/c1-4-6-7-16-12-11(9(3)15-17(12)5-2)14-13(16)20-8-10(18)19/h4H,1,5-8H2,2-3H3,(H,18,19). The van der Waals surface area contributed by atoms with Crippen LogP contribution in [0, 0.1) is 6.92 Å². The van der Waals surface area contributed by atoms with Crippen molar-refractivity contribution in [3.05, 3.63) is 18.3 Å². The van der Waals surface area contributed by atoms with Crippen molar-refractivity contribution in [3.63, 3.8) is 0 Å². The fourth-order valence-corrected chi connectivity index (χ4v) is 2.83. The van der Waals surface area contributed by atoms with Crippen molar-refractivity contribution in [2.75, 3.05) is 5.75 Å². The third-order valence-electron chi connectivity index (χ3n) is 2.94. The SMILES string of the molecule is C=CCCn1c(SCC(=O)O)nc2c(C)nn(CC)c21. The highest BCUT2D eigenvalue weighted by atomic mass is 32.2. The van der Waals surface area contributed by atoms with Crippen LogP contribution in [0.5, 0.6) is 0 Å². The lowest BCUT2D eigenvalue weighted by atomic mass is 10.4. The number of rotatable bonds is 7. The molecule has 108 valence electrons. The molecular weight excluding hydrogens is 276 g/mol. The summed E-state index contributed by atoms with van der Waals surface area (Å²) in [5.41, 5.74) is 2.68. The first kappa shape index (κ1) is 14.6. The first-order valence-corrected chi connectivity index (χ1v) is 7.46. The highest BCUT2D eigenvalue weighted by Crippen LogP contribution is 2.26. The van der Waals surface area contributed by atoms with Crippen LogP contribution in [0.4, 0.5) is 0 Å². The molecule has 7 heteroatoms. The fourth-order valence-electron chi connectivity index (χ4n) is 2.08. The predicted molar refractivity (Wildman–Crippen MR) is 79.1 cm³/mol. The average Bonchev–Trinajstić information content (AvgIpc) is 2.92.